The molecule has 2 nitrogen and oxygen atoms in total. The van der Waals surface area contributed by atoms with Crippen molar-refractivity contribution in [2.75, 3.05) is 13.2 Å². The van der Waals surface area contributed by atoms with Crippen molar-refractivity contribution < 1.29 is 9.13 Å². The highest BCUT2D eigenvalue weighted by Gasteiger charge is 2.20. The minimum Gasteiger partial charge on any atom is -0.380 e. The molecule has 1 atom stereocenters. The van der Waals surface area contributed by atoms with E-state index in [0.29, 0.717) is 19.6 Å². The monoisotopic (exact) mass is 289 g/mol. The van der Waals surface area contributed by atoms with E-state index >= 15 is 0 Å². The third kappa shape index (κ3) is 4.20. The lowest BCUT2D eigenvalue weighted by Gasteiger charge is -2.24. The summed E-state index contributed by atoms with van der Waals surface area (Å²) >= 11 is 3.33. The molecular weight excluding hydrogens is 273 g/mol. The minimum atomic E-state index is -0.434. The van der Waals surface area contributed by atoms with E-state index in [1.54, 1.807) is 6.07 Å². The van der Waals surface area contributed by atoms with Crippen LogP contribution in [0.1, 0.15) is 19.4 Å². The van der Waals surface area contributed by atoms with Crippen LogP contribution in [0.25, 0.3) is 0 Å². The van der Waals surface area contributed by atoms with E-state index in [9.17, 15) is 4.39 Å². The Morgan fingerprint density at radius 3 is 2.75 bits per heavy atom. The molecule has 0 spiro atoms. The number of rotatable bonds is 5. The van der Waals surface area contributed by atoms with Gasteiger partial charge in [-0.15, -0.1) is 0 Å². The third-order valence-electron chi connectivity index (χ3n) is 2.25. The van der Waals surface area contributed by atoms with Crippen LogP contribution in [-0.2, 0) is 11.2 Å². The van der Waals surface area contributed by atoms with Crippen LogP contribution < -0.4 is 5.73 Å². The van der Waals surface area contributed by atoms with Gasteiger partial charge >= 0.3 is 0 Å². The van der Waals surface area contributed by atoms with Crippen LogP contribution in [0, 0.1) is 5.82 Å². The molecule has 0 heterocycles. The quantitative estimate of drug-likeness (QED) is 0.905. The van der Waals surface area contributed by atoms with E-state index in [0.717, 1.165) is 10.0 Å². The van der Waals surface area contributed by atoms with Crippen molar-refractivity contribution in [3.05, 3.63) is 34.1 Å². The predicted octanol–water partition coefficient (Wildman–Crippen LogP) is 2.88. The van der Waals surface area contributed by atoms with Crippen LogP contribution in [0.15, 0.2) is 22.7 Å². The first-order valence-corrected chi connectivity index (χ1v) is 6.04. The number of hydrogen-bond acceptors (Lipinski definition) is 2. The van der Waals surface area contributed by atoms with Crippen LogP contribution in [0.5, 0.6) is 0 Å². The molecule has 0 aromatic heterocycles. The molecule has 4 heteroatoms. The Bertz CT molecular complexity index is 355. The van der Waals surface area contributed by atoms with Crippen LogP contribution in [0.4, 0.5) is 4.39 Å². The normalized spacial score (nSPS) is 14.8. The molecule has 90 valence electrons. The van der Waals surface area contributed by atoms with E-state index in [-0.39, 0.29) is 5.82 Å². The first-order valence-electron chi connectivity index (χ1n) is 5.25. The highest BCUT2D eigenvalue weighted by atomic mass is 79.9. The van der Waals surface area contributed by atoms with Crippen molar-refractivity contribution in [3.63, 3.8) is 0 Å². The van der Waals surface area contributed by atoms with Crippen LogP contribution in [-0.4, -0.2) is 18.8 Å². The topological polar surface area (TPSA) is 35.2 Å². The smallest absolute Gasteiger partial charge is 0.124 e. The summed E-state index contributed by atoms with van der Waals surface area (Å²) in [6.07, 6.45) is 0.647. The van der Waals surface area contributed by atoms with Gasteiger partial charge in [0, 0.05) is 16.6 Å². The van der Waals surface area contributed by atoms with Crippen molar-refractivity contribution in [3.8, 4) is 0 Å². The molecule has 0 radical (unpaired) electrons. The summed E-state index contributed by atoms with van der Waals surface area (Å²) in [5.41, 5.74) is 6.66. The van der Waals surface area contributed by atoms with Gasteiger partial charge in [-0.3, -0.25) is 0 Å². The van der Waals surface area contributed by atoms with Gasteiger partial charge in [-0.1, -0.05) is 22.0 Å². The fourth-order valence-corrected chi connectivity index (χ4v) is 1.98. The molecule has 1 aromatic rings. The van der Waals surface area contributed by atoms with Gasteiger partial charge < -0.3 is 10.5 Å². The Morgan fingerprint density at radius 1 is 1.50 bits per heavy atom. The van der Waals surface area contributed by atoms with Crippen molar-refractivity contribution in [2.24, 2.45) is 5.73 Å². The molecule has 0 amide bonds. The molecule has 0 saturated heterocycles. The first kappa shape index (κ1) is 13.6. The second kappa shape index (κ2) is 5.75. The van der Waals surface area contributed by atoms with Gasteiger partial charge in [0.1, 0.15) is 5.82 Å². The number of nitrogens with two attached hydrogens (primary N) is 1. The van der Waals surface area contributed by atoms with Crippen molar-refractivity contribution >= 4 is 15.9 Å². The Hall–Kier alpha value is -0.450. The van der Waals surface area contributed by atoms with Crippen LogP contribution >= 0.6 is 15.9 Å². The predicted molar refractivity (Wildman–Crippen MR) is 66.9 cm³/mol. The summed E-state index contributed by atoms with van der Waals surface area (Å²) < 4.78 is 19.0. The molecule has 0 bridgehead atoms. The maximum absolute atomic E-state index is 12.9. The largest absolute Gasteiger partial charge is 0.380 e. The summed E-state index contributed by atoms with van der Waals surface area (Å²) in [7, 11) is 0. The standard InChI is InChI=1S/C12H17BrFNO/c1-3-16-8-12(2,15)7-9-4-5-10(14)6-11(9)13/h4-6H,3,7-8,15H2,1-2H3. The van der Waals surface area contributed by atoms with Gasteiger partial charge in [0.05, 0.1) is 6.61 Å². The van der Waals surface area contributed by atoms with E-state index in [4.69, 9.17) is 10.5 Å². The Labute approximate surface area is 104 Å². The van der Waals surface area contributed by atoms with Crippen LogP contribution in [0.2, 0.25) is 0 Å². The molecule has 2 N–H and O–H groups in total. The minimum absolute atomic E-state index is 0.251. The van der Waals surface area contributed by atoms with E-state index in [1.165, 1.54) is 12.1 Å². The molecular formula is C12H17BrFNO. The van der Waals surface area contributed by atoms with Crippen molar-refractivity contribution in [1.29, 1.82) is 0 Å². The number of halogens is 2. The number of hydrogen-bond donors (Lipinski definition) is 1. The van der Waals surface area contributed by atoms with Gasteiger partial charge in [0.15, 0.2) is 0 Å². The molecule has 16 heavy (non-hydrogen) atoms. The van der Waals surface area contributed by atoms with Crippen molar-refractivity contribution in [2.45, 2.75) is 25.8 Å². The maximum Gasteiger partial charge on any atom is 0.124 e. The summed E-state index contributed by atoms with van der Waals surface area (Å²) in [6.45, 7) is 5.01. The zero-order valence-electron chi connectivity index (χ0n) is 9.59. The molecule has 0 aliphatic rings. The molecule has 1 rings (SSSR count). The second-order valence-corrected chi connectivity index (χ2v) is 5.06. The lowest BCUT2D eigenvalue weighted by molar-refractivity contribution is 0.101. The van der Waals surface area contributed by atoms with E-state index in [1.807, 2.05) is 13.8 Å². The van der Waals surface area contributed by atoms with Gasteiger partial charge in [-0.2, -0.15) is 0 Å². The lowest BCUT2D eigenvalue weighted by Crippen LogP contribution is -2.43. The van der Waals surface area contributed by atoms with Gasteiger partial charge in [-0.05, 0) is 38.0 Å². The van der Waals surface area contributed by atoms with Crippen LogP contribution in [0.3, 0.4) is 0 Å². The van der Waals surface area contributed by atoms with Gasteiger partial charge in [0.25, 0.3) is 0 Å². The Morgan fingerprint density at radius 2 is 2.19 bits per heavy atom. The average molecular weight is 290 g/mol. The lowest BCUT2D eigenvalue weighted by atomic mass is 9.95. The highest BCUT2D eigenvalue weighted by molar-refractivity contribution is 9.10. The Kier molecular flexibility index (Phi) is 4.89. The molecule has 0 aliphatic carbocycles. The molecule has 0 aliphatic heterocycles. The molecule has 0 saturated carbocycles. The van der Waals surface area contributed by atoms with Gasteiger partial charge in [-0.25, -0.2) is 4.39 Å². The van der Waals surface area contributed by atoms with E-state index < -0.39 is 5.54 Å². The number of ether oxygens (including phenoxy) is 1. The highest BCUT2D eigenvalue weighted by Crippen LogP contribution is 2.22. The molecule has 1 aromatic carbocycles. The summed E-state index contributed by atoms with van der Waals surface area (Å²) in [5, 5.41) is 0. The average Bonchev–Trinajstić information content (AvgIpc) is 2.19. The Balaban J connectivity index is 2.71. The second-order valence-electron chi connectivity index (χ2n) is 4.20. The maximum atomic E-state index is 12.9. The fourth-order valence-electron chi connectivity index (χ4n) is 1.49. The fraction of sp³-hybridized carbons (Fsp3) is 0.500. The van der Waals surface area contributed by atoms with E-state index in [2.05, 4.69) is 15.9 Å². The SMILES string of the molecule is CCOCC(C)(N)Cc1ccc(F)cc1Br. The zero-order chi connectivity index (χ0) is 12.2. The van der Waals surface area contributed by atoms with Gasteiger partial charge in [0.2, 0.25) is 0 Å². The number of benzene rings is 1. The summed E-state index contributed by atoms with van der Waals surface area (Å²) in [6, 6.07) is 4.64. The third-order valence-corrected chi connectivity index (χ3v) is 2.98. The zero-order valence-corrected chi connectivity index (χ0v) is 11.2. The molecule has 0 fully saturated rings. The summed E-state index contributed by atoms with van der Waals surface area (Å²) in [5.74, 6) is -0.251. The first-order chi connectivity index (χ1) is 7.44. The summed E-state index contributed by atoms with van der Waals surface area (Å²) in [4.78, 5) is 0. The van der Waals surface area contributed by atoms with Crippen molar-refractivity contribution in [1.82, 2.24) is 0 Å². The molecule has 1 unspecified atom stereocenters.